The van der Waals surface area contributed by atoms with Crippen LogP contribution in [-0.4, -0.2) is 71.1 Å². The van der Waals surface area contributed by atoms with Gasteiger partial charge in [0.15, 0.2) is 5.82 Å². The third-order valence-electron chi connectivity index (χ3n) is 7.30. The number of amides is 2. The summed E-state index contributed by atoms with van der Waals surface area (Å²) in [5, 5.41) is 8.96. The number of aromatic nitrogens is 2. The molecule has 4 aromatic rings. The Labute approximate surface area is 236 Å². The van der Waals surface area contributed by atoms with Crippen molar-refractivity contribution in [2.45, 2.75) is 20.3 Å². The topological polar surface area (TPSA) is 69.6 Å². The van der Waals surface area contributed by atoms with Crippen molar-refractivity contribution in [2.24, 2.45) is 0 Å². The van der Waals surface area contributed by atoms with E-state index in [4.69, 9.17) is 0 Å². The summed E-state index contributed by atoms with van der Waals surface area (Å²) in [6.07, 6.45) is 0.796. The maximum atomic E-state index is 13.1. The zero-order chi connectivity index (χ0) is 27.9. The maximum absolute atomic E-state index is 13.1. The van der Waals surface area contributed by atoms with Crippen LogP contribution in [-0.2, 0) is 4.79 Å². The Morgan fingerprint density at radius 2 is 1.40 bits per heavy atom. The minimum Gasteiger partial charge on any atom is -0.352 e. The molecule has 0 spiro atoms. The van der Waals surface area contributed by atoms with E-state index in [9.17, 15) is 9.59 Å². The Hall–Kier alpha value is -4.52. The van der Waals surface area contributed by atoms with Crippen LogP contribution in [0.3, 0.4) is 0 Å². The van der Waals surface area contributed by atoms with Gasteiger partial charge in [0.1, 0.15) is 6.54 Å². The lowest BCUT2D eigenvalue weighted by Crippen LogP contribution is -2.52. The SMILES string of the molecule is CCCN(CC(=O)N1CCN(c2ccc(-c3ccc(-c4ccccc4)cc3)nn2)CC1)C(=O)c1ccc(C)cc1. The molecule has 1 aliphatic rings. The molecule has 1 aliphatic heterocycles. The van der Waals surface area contributed by atoms with Crippen molar-refractivity contribution in [1.82, 2.24) is 20.0 Å². The van der Waals surface area contributed by atoms with Crippen LogP contribution in [0.1, 0.15) is 29.3 Å². The van der Waals surface area contributed by atoms with Gasteiger partial charge in [0.05, 0.1) is 5.69 Å². The van der Waals surface area contributed by atoms with Crippen molar-refractivity contribution in [3.63, 3.8) is 0 Å². The average Bonchev–Trinajstić information content (AvgIpc) is 3.01. The molecule has 0 aliphatic carbocycles. The number of rotatable bonds is 8. The third kappa shape index (κ3) is 6.37. The van der Waals surface area contributed by atoms with Gasteiger partial charge in [-0.2, -0.15) is 0 Å². The van der Waals surface area contributed by atoms with Crippen LogP contribution < -0.4 is 4.90 Å². The van der Waals surface area contributed by atoms with Crippen molar-refractivity contribution >= 4 is 17.6 Å². The molecule has 204 valence electrons. The molecular weight excluding hydrogens is 498 g/mol. The number of carbonyl (C=O) groups excluding carboxylic acids is 2. The molecule has 0 N–H and O–H groups in total. The number of piperazine rings is 1. The summed E-state index contributed by atoms with van der Waals surface area (Å²) < 4.78 is 0. The highest BCUT2D eigenvalue weighted by Crippen LogP contribution is 2.24. The van der Waals surface area contributed by atoms with Crippen LogP contribution in [0.15, 0.2) is 91.0 Å². The van der Waals surface area contributed by atoms with Crippen molar-refractivity contribution in [3.8, 4) is 22.4 Å². The number of benzene rings is 3. The third-order valence-corrected chi connectivity index (χ3v) is 7.30. The summed E-state index contributed by atoms with van der Waals surface area (Å²) >= 11 is 0. The van der Waals surface area contributed by atoms with Gasteiger partial charge in [-0.3, -0.25) is 9.59 Å². The standard InChI is InChI=1S/C33H35N5O2/c1-3-19-38(33(40)29-11-9-25(2)10-12-29)24-32(39)37-22-20-36(21-23-37)31-18-17-30(34-35-31)28-15-13-27(14-16-28)26-7-5-4-6-8-26/h4-18H,3,19-24H2,1-2H3. The lowest BCUT2D eigenvalue weighted by atomic mass is 10.0. The summed E-state index contributed by atoms with van der Waals surface area (Å²) in [7, 11) is 0. The molecule has 0 bridgehead atoms. The van der Waals surface area contributed by atoms with E-state index >= 15 is 0 Å². The second kappa shape index (κ2) is 12.6. The second-order valence-electron chi connectivity index (χ2n) is 10.2. The molecule has 0 atom stereocenters. The first-order valence-electron chi connectivity index (χ1n) is 13.9. The first-order valence-corrected chi connectivity index (χ1v) is 13.9. The molecule has 40 heavy (non-hydrogen) atoms. The van der Waals surface area contributed by atoms with Crippen LogP contribution in [0.5, 0.6) is 0 Å². The first kappa shape index (κ1) is 27.1. The van der Waals surface area contributed by atoms with E-state index in [2.05, 4.69) is 51.5 Å². The van der Waals surface area contributed by atoms with Crippen LogP contribution in [0, 0.1) is 6.92 Å². The monoisotopic (exact) mass is 533 g/mol. The number of nitrogens with zero attached hydrogens (tertiary/aromatic N) is 5. The Balaban J connectivity index is 1.16. The highest BCUT2D eigenvalue weighted by molar-refractivity contribution is 5.96. The van der Waals surface area contributed by atoms with Crippen molar-refractivity contribution < 1.29 is 9.59 Å². The molecular formula is C33H35N5O2. The van der Waals surface area contributed by atoms with Crippen molar-refractivity contribution in [1.29, 1.82) is 0 Å². The predicted molar refractivity (Wildman–Crippen MR) is 159 cm³/mol. The number of hydrogen-bond donors (Lipinski definition) is 0. The second-order valence-corrected chi connectivity index (χ2v) is 10.2. The molecule has 3 aromatic carbocycles. The predicted octanol–water partition coefficient (Wildman–Crippen LogP) is 5.32. The van der Waals surface area contributed by atoms with E-state index in [1.807, 2.05) is 73.3 Å². The fraction of sp³-hybridized carbons (Fsp3) is 0.273. The largest absolute Gasteiger partial charge is 0.352 e. The highest BCUT2D eigenvalue weighted by atomic mass is 16.2. The maximum Gasteiger partial charge on any atom is 0.254 e. The van der Waals surface area contributed by atoms with Crippen LogP contribution in [0.2, 0.25) is 0 Å². The Morgan fingerprint density at radius 3 is 2.02 bits per heavy atom. The molecule has 5 rings (SSSR count). The fourth-order valence-corrected chi connectivity index (χ4v) is 4.96. The quantitative estimate of drug-likeness (QED) is 0.307. The summed E-state index contributed by atoms with van der Waals surface area (Å²) in [5.74, 6) is 0.687. The van der Waals surface area contributed by atoms with Gasteiger partial charge in [0, 0.05) is 43.9 Å². The number of hydrogen-bond acceptors (Lipinski definition) is 5. The lowest BCUT2D eigenvalue weighted by molar-refractivity contribution is -0.132. The number of carbonyl (C=O) groups is 2. The molecule has 1 aromatic heterocycles. The van der Waals surface area contributed by atoms with Crippen LogP contribution >= 0.6 is 0 Å². The van der Waals surface area contributed by atoms with Gasteiger partial charge in [-0.15, -0.1) is 10.2 Å². The summed E-state index contributed by atoms with van der Waals surface area (Å²) in [6.45, 7) is 7.17. The van der Waals surface area contributed by atoms with Crippen LogP contribution in [0.4, 0.5) is 5.82 Å². The van der Waals surface area contributed by atoms with Gasteiger partial charge >= 0.3 is 0 Å². The lowest BCUT2D eigenvalue weighted by Gasteiger charge is -2.36. The van der Waals surface area contributed by atoms with Gasteiger partial charge in [-0.1, -0.05) is 79.2 Å². The molecule has 0 saturated carbocycles. The minimum atomic E-state index is -0.0982. The Kier molecular flexibility index (Phi) is 8.50. The first-order chi connectivity index (χ1) is 19.5. The molecule has 2 heterocycles. The van der Waals surface area contributed by atoms with Gasteiger partial charge in [0.2, 0.25) is 5.91 Å². The van der Waals surface area contributed by atoms with E-state index in [0.717, 1.165) is 29.1 Å². The molecule has 7 nitrogen and oxygen atoms in total. The van der Waals surface area contributed by atoms with E-state index in [1.54, 1.807) is 4.90 Å². The number of anilines is 1. The van der Waals surface area contributed by atoms with E-state index in [-0.39, 0.29) is 18.4 Å². The van der Waals surface area contributed by atoms with Gasteiger partial charge in [-0.05, 0) is 48.7 Å². The van der Waals surface area contributed by atoms with Crippen LogP contribution in [0.25, 0.3) is 22.4 Å². The highest BCUT2D eigenvalue weighted by Gasteiger charge is 2.25. The smallest absolute Gasteiger partial charge is 0.254 e. The molecule has 7 heteroatoms. The minimum absolute atomic E-state index is 0.0195. The van der Waals surface area contributed by atoms with E-state index in [1.165, 1.54) is 11.1 Å². The molecule has 1 saturated heterocycles. The van der Waals surface area contributed by atoms with E-state index in [0.29, 0.717) is 38.3 Å². The summed E-state index contributed by atoms with van der Waals surface area (Å²) in [5.41, 5.74) is 5.91. The van der Waals surface area contributed by atoms with Gasteiger partial charge < -0.3 is 14.7 Å². The Bertz CT molecular complexity index is 1410. The normalized spacial score (nSPS) is 13.2. The Morgan fingerprint density at radius 1 is 0.750 bits per heavy atom. The molecule has 0 unspecified atom stereocenters. The zero-order valence-corrected chi connectivity index (χ0v) is 23.2. The van der Waals surface area contributed by atoms with Gasteiger partial charge in [-0.25, -0.2) is 0 Å². The van der Waals surface area contributed by atoms with Gasteiger partial charge in [0.25, 0.3) is 5.91 Å². The number of aryl methyl sites for hydroxylation is 1. The van der Waals surface area contributed by atoms with E-state index < -0.39 is 0 Å². The molecule has 1 fully saturated rings. The molecule has 0 radical (unpaired) electrons. The average molecular weight is 534 g/mol. The van der Waals surface area contributed by atoms with Crippen molar-refractivity contribution in [2.75, 3.05) is 44.2 Å². The summed E-state index contributed by atoms with van der Waals surface area (Å²) in [6, 6.07) is 30.1. The fourth-order valence-electron chi connectivity index (χ4n) is 4.96. The summed E-state index contributed by atoms with van der Waals surface area (Å²) in [4.78, 5) is 31.8. The zero-order valence-electron chi connectivity index (χ0n) is 23.2. The van der Waals surface area contributed by atoms with Crippen molar-refractivity contribution in [3.05, 3.63) is 102 Å². The molecule has 2 amide bonds.